The largest absolute Gasteiger partial charge is 0.293 e. The number of rotatable bonds is 5. The number of benzene rings is 2. The number of ketones is 1. The van der Waals surface area contributed by atoms with Crippen LogP contribution in [-0.4, -0.2) is 20.0 Å². The number of halogens is 1. The van der Waals surface area contributed by atoms with Crippen LogP contribution in [0.1, 0.15) is 15.9 Å². The average Bonchev–Trinajstić information content (AvgIpc) is 2.39. The van der Waals surface area contributed by atoms with Crippen molar-refractivity contribution in [3.8, 4) is 0 Å². The molecule has 2 aromatic carbocycles. The van der Waals surface area contributed by atoms with Crippen molar-refractivity contribution in [1.82, 2.24) is 0 Å². The first kappa shape index (κ1) is 14.4. The fourth-order valence-electron chi connectivity index (χ4n) is 1.84. The van der Waals surface area contributed by atoms with Crippen molar-refractivity contribution in [2.24, 2.45) is 0 Å². The molecule has 0 aliphatic carbocycles. The Kier molecular flexibility index (Phi) is 4.29. The van der Waals surface area contributed by atoms with E-state index < -0.39 is 27.2 Å². The molecule has 2 aromatic rings. The highest BCUT2D eigenvalue weighted by Crippen LogP contribution is 2.11. The van der Waals surface area contributed by atoms with Crippen LogP contribution in [0.3, 0.4) is 0 Å². The summed E-state index contributed by atoms with van der Waals surface area (Å²) in [4.78, 5) is 11.9. The van der Waals surface area contributed by atoms with E-state index >= 15 is 0 Å². The Hall–Kier alpha value is -2.01. The van der Waals surface area contributed by atoms with Gasteiger partial charge in [0.2, 0.25) is 0 Å². The molecule has 0 atom stereocenters. The zero-order valence-corrected chi connectivity index (χ0v) is 11.4. The monoisotopic (exact) mass is 292 g/mol. The molecule has 3 nitrogen and oxygen atoms in total. The minimum atomic E-state index is -3.61. The zero-order chi connectivity index (χ0) is 14.6. The van der Waals surface area contributed by atoms with Crippen molar-refractivity contribution in [3.05, 3.63) is 71.5 Å². The lowest BCUT2D eigenvalue weighted by Crippen LogP contribution is -2.18. The molecular weight excluding hydrogens is 279 g/mol. The molecule has 0 aromatic heterocycles. The second kappa shape index (κ2) is 5.96. The van der Waals surface area contributed by atoms with Gasteiger partial charge in [-0.3, -0.25) is 4.79 Å². The van der Waals surface area contributed by atoms with Crippen LogP contribution in [0.2, 0.25) is 0 Å². The van der Waals surface area contributed by atoms with Gasteiger partial charge in [-0.25, -0.2) is 12.8 Å². The number of sulfone groups is 1. The number of carbonyl (C=O) groups excluding carboxylic acids is 1. The third kappa shape index (κ3) is 3.74. The van der Waals surface area contributed by atoms with Gasteiger partial charge < -0.3 is 0 Å². The summed E-state index contributed by atoms with van der Waals surface area (Å²) in [7, 11) is -3.61. The van der Waals surface area contributed by atoms with Crippen molar-refractivity contribution in [1.29, 1.82) is 0 Å². The molecule has 0 bridgehead atoms. The standard InChI is InChI=1S/C15H13FO3S/c16-14-9-5-4-8-13(14)15(17)11-20(18,19)10-12-6-2-1-3-7-12/h1-9H,10-11H2. The molecule has 0 amide bonds. The topological polar surface area (TPSA) is 51.2 Å². The van der Waals surface area contributed by atoms with Gasteiger partial charge >= 0.3 is 0 Å². The van der Waals surface area contributed by atoms with Crippen molar-refractivity contribution >= 4 is 15.6 Å². The van der Waals surface area contributed by atoms with Gasteiger partial charge in [0, 0.05) is 0 Å². The average molecular weight is 292 g/mol. The second-order valence-electron chi connectivity index (χ2n) is 4.42. The van der Waals surface area contributed by atoms with Crippen LogP contribution in [0.5, 0.6) is 0 Å². The molecule has 0 unspecified atom stereocenters. The van der Waals surface area contributed by atoms with Gasteiger partial charge in [-0.1, -0.05) is 42.5 Å². The number of hydrogen-bond acceptors (Lipinski definition) is 3. The van der Waals surface area contributed by atoms with Crippen molar-refractivity contribution in [3.63, 3.8) is 0 Å². The maximum Gasteiger partial charge on any atom is 0.180 e. The van der Waals surface area contributed by atoms with Gasteiger partial charge in [0.15, 0.2) is 15.6 Å². The fourth-order valence-corrected chi connectivity index (χ4v) is 3.20. The number of hydrogen-bond donors (Lipinski definition) is 0. The van der Waals surface area contributed by atoms with Gasteiger partial charge in [-0.2, -0.15) is 0 Å². The molecule has 0 aliphatic rings. The van der Waals surface area contributed by atoms with Crippen molar-refractivity contribution < 1.29 is 17.6 Å². The van der Waals surface area contributed by atoms with Crippen molar-refractivity contribution in [2.45, 2.75) is 5.75 Å². The van der Waals surface area contributed by atoms with Crippen LogP contribution in [0.15, 0.2) is 54.6 Å². The molecule has 0 spiro atoms. The van der Waals surface area contributed by atoms with Crippen LogP contribution in [-0.2, 0) is 15.6 Å². The van der Waals surface area contributed by atoms with Crippen LogP contribution in [0.4, 0.5) is 4.39 Å². The maximum absolute atomic E-state index is 13.4. The van der Waals surface area contributed by atoms with Gasteiger partial charge in [0.05, 0.1) is 11.3 Å². The maximum atomic E-state index is 13.4. The molecule has 0 fully saturated rings. The Bertz CT molecular complexity index is 709. The van der Waals surface area contributed by atoms with E-state index in [2.05, 4.69) is 0 Å². The Morgan fingerprint density at radius 2 is 1.55 bits per heavy atom. The van der Waals surface area contributed by atoms with E-state index in [1.54, 1.807) is 30.3 Å². The number of carbonyl (C=O) groups is 1. The van der Waals surface area contributed by atoms with Gasteiger partial charge in [-0.15, -0.1) is 0 Å². The summed E-state index contributed by atoms with van der Waals surface area (Å²) in [5.41, 5.74) is 0.415. The molecule has 0 saturated carbocycles. The van der Waals surface area contributed by atoms with E-state index in [1.807, 2.05) is 0 Å². The van der Waals surface area contributed by atoms with E-state index in [-0.39, 0.29) is 11.3 Å². The molecular formula is C15H13FO3S. The first-order valence-corrected chi connectivity index (χ1v) is 7.82. The summed E-state index contributed by atoms with van der Waals surface area (Å²) in [5.74, 6) is -2.34. The molecule has 0 saturated heterocycles. The SMILES string of the molecule is O=C(CS(=O)(=O)Cc1ccccc1)c1ccccc1F. The van der Waals surface area contributed by atoms with E-state index in [0.717, 1.165) is 6.07 Å². The van der Waals surface area contributed by atoms with Crippen LogP contribution in [0, 0.1) is 5.82 Å². The molecule has 0 heterocycles. The fraction of sp³-hybridized carbons (Fsp3) is 0.133. The minimum absolute atomic E-state index is 0.191. The highest BCUT2D eigenvalue weighted by atomic mass is 32.2. The number of Topliss-reactive ketones (excluding diaryl/α,β-unsaturated/α-hetero) is 1. The molecule has 104 valence electrons. The van der Waals surface area contributed by atoms with Crippen LogP contribution in [0.25, 0.3) is 0 Å². The predicted octanol–water partition coefficient (Wildman–Crippen LogP) is 2.62. The second-order valence-corrected chi connectivity index (χ2v) is 6.49. The lowest BCUT2D eigenvalue weighted by molar-refractivity contribution is 0.101. The van der Waals surface area contributed by atoms with E-state index in [4.69, 9.17) is 0 Å². The minimum Gasteiger partial charge on any atom is -0.293 e. The molecule has 0 aliphatic heterocycles. The summed E-state index contributed by atoms with van der Waals surface area (Å²) in [6.45, 7) is 0. The Morgan fingerprint density at radius 1 is 0.950 bits per heavy atom. The third-order valence-electron chi connectivity index (χ3n) is 2.75. The molecule has 0 N–H and O–H groups in total. The van der Waals surface area contributed by atoms with Crippen LogP contribution < -0.4 is 0 Å². The van der Waals surface area contributed by atoms with E-state index in [9.17, 15) is 17.6 Å². The van der Waals surface area contributed by atoms with E-state index in [0.29, 0.717) is 5.56 Å². The molecule has 20 heavy (non-hydrogen) atoms. The summed E-state index contributed by atoms with van der Waals surface area (Å²) in [5, 5.41) is 0. The summed E-state index contributed by atoms with van der Waals surface area (Å²) in [6, 6.07) is 13.9. The quantitative estimate of drug-likeness (QED) is 0.796. The Morgan fingerprint density at radius 3 is 2.20 bits per heavy atom. The highest BCUT2D eigenvalue weighted by Gasteiger charge is 2.20. The highest BCUT2D eigenvalue weighted by molar-refractivity contribution is 7.91. The summed E-state index contributed by atoms with van der Waals surface area (Å²) in [6.07, 6.45) is 0. The Labute approximate surface area is 117 Å². The van der Waals surface area contributed by atoms with Gasteiger partial charge in [0.1, 0.15) is 11.6 Å². The third-order valence-corrected chi connectivity index (χ3v) is 4.23. The normalized spacial score (nSPS) is 11.2. The summed E-state index contributed by atoms with van der Waals surface area (Å²) >= 11 is 0. The van der Waals surface area contributed by atoms with Gasteiger partial charge in [-0.05, 0) is 17.7 Å². The van der Waals surface area contributed by atoms with E-state index in [1.165, 1.54) is 18.2 Å². The van der Waals surface area contributed by atoms with Crippen LogP contribution >= 0.6 is 0 Å². The lowest BCUT2D eigenvalue weighted by atomic mass is 10.1. The summed E-state index contributed by atoms with van der Waals surface area (Å²) < 4.78 is 37.3. The van der Waals surface area contributed by atoms with Gasteiger partial charge in [0.25, 0.3) is 0 Å². The molecule has 0 radical (unpaired) electrons. The first-order chi connectivity index (χ1) is 9.48. The first-order valence-electron chi connectivity index (χ1n) is 6.00. The molecule has 5 heteroatoms. The Balaban J connectivity index is 2.13. The lowest BCUT2D eigenvalue weighted by Gasteiger charge is -2.05. The zero-order valence-electron chi connectivity index (χ0n) is 10.6. The molecule has 2 rings (SSSR count). The van der Waals surface area contributed by atoms with Crippen molar-refractivity contribution in [2.75, 3.05) is 5.75 Å². The smallest absolute Gasteiger partial charge is 0.180 e. The predicted molar refractivity (Wildman–Crippen MR) is 74.7 cm³/mol.